The van der Waals surface area contributed by atoms with E-state index < -0.39 is 10.2 Å². The molecule has 4 rings (SSSR count). The first-order valence-corrected chi connectivity index (χ1v) is 11.6. The summed E-state index contributed by atoms with van der Waals surface area (Å²) in [5.74, 6) is 1.57. The summed E-state index contributed by atoms with van der Waals surface area (Å²) in [6.07, 6.45) is 6.25. The number of hydrogen-bond acceptors (Lipinski definition) is 5. The molecular formula is C21H29N5O3S. The summed E-state index contributed by atoms with van der Waals surface area (Å²) in [6, 6.07) is 5.66. The molecule has 1 fully saturated rings. The van der Waals surface area contributed by atoms with Gasteiger partial charge in [0.2, 0.25) is 0 Å². The lowest BCUT2D eigenvalue weighted by Crippen LogP contribution is -2.31. The molecule has 0 N–H and O–H groups in total. The van der Waals surface area contributed by atoms with Crippen molar-refractivity contribution in [3.05, 3.63) is 42.7 Å². The maximum absolute atomic E-state index is 12.8. The van der Waals surface area contributed by atoms with Crippen LogP contribution >= 0.6 is 0 Å². The van der Waals surface area contributed by atoms with E-state index in [1.54, 1.807) is 7.05 Å². The molecule has 3 aromatic rings. The van der Waals surface area contributed by atoms with Crippen LogP contribution < -0.4 is 4.31 Å². The molecule has 0 amide bonds. The van der Waals surface area contributed by atoms with Crippen LogP contribution in [0.4, 0.5) is 5.69 Å². The first kappa shape index (κ1) is 20.9. The van der Waals surface area contributed by atoms with Gasteiger partial charge >= 0.3 is 10.2 Å². The fraction of sp³-hybridized carbons (Fsp3) is 0.524. The first-order valence-electron chi connectivity index (χ1n) is 10.2. The van der Waals surface area contributed by atoms with Crippen LogP contribution in [0.25, 0.3) is 11.0 Å². The number of rotatable bonds is 5. The van der Waals surface area contributed by atoms with Crippen molar-refractivity contribution < 1.29 is 13.2 Å². The van der Waals surface area contributed by atoms with Gasteiger partial charge in [-0.05, 0) is 37.0 Å². The van der Waals surface area contributed by atoms with Gasteiger partial charge < -0.3 is 9.30 Å². The number of fused-ring (bicyclic) bond motifs is 1. The van der Waals surface area contributed by atoms with E-state index in [0.717, 1.165) is 53.4 Å². The van der Waals surface area contributed by atoms with E-state index in [1.165, 1.54) is 23.0 Å². The Balaban J connectivity index is 1.74. The number of ether oxygens (including phenoxy) is 1. The van der Waals surface area contributed by atoms with Crippen molar-refractivity contribution in [2.45, 2.75) is 45.6 Å². The van der Waals surface area contributed by atoms with Gasteiger partial charge in [0.05, 0.1) is 16.7 Å². The highest BCUT2D eigenvalue weighted by Crippen LogP contribution is 2.31. The summed E-state index contributed by atoms with van der Waals surface area (Å²) in [5.41, 5.74) is 2.27. The summed E-state index contributed by atoms with van der Waals surface area (Å²) in [4.78, 5) is 8.77. The molecule has 0 atom stereocenters. The van der Waals surface area contributed by atoms with Gasteiger partial charge in [-0.1, -0.05) is 20.8 Å². The molecule has 0 saturated carbocycles. The summed E-state index contributed by atoms with van der Waals surface area (Å²) in [7, 11) is -2.19. The van der Waals surface area contributed by atoms with Gasteiger partial charge in [-0.3, -0.25) is 4.31 Å². The zero-order valence-corrected chi connectivity index (χ0v) is 18.8. The number of nitrogens with zero attached hydrogens (tertiary/aromatic N) is 5. The summed E-state index contributed by atoms with van der Waals surface area (Å²) < 4.78 is 35.8. The van der Waals surface area contributed by atoms with Gasteiger partial charge in [-0.15, -0.1) is 0 Å². The zero-order valence-electron chi connectivity index (χ0n) is 17.9. The smallest absolute Gasteiger partial charge is 0.330 e. The highest BCUT2D eigenvalue weighted by Gasteiger charge is 2.27. The van der Waals surface area contributed by atoms with Crippen molar-refractivity contribution >= 4 is 26.9 Å². The van der Waals surface area contributed by atoms with E-state index in [0.29, 0.717) is 11.6 Å². The minimum atomic E-state index is -3.73. The van der Waals surface area contributed by atoms with Gasteiger partial charge in [0.1, 0.15) is 12.2 Å². The van der Waals surface area contributed by atoms with Crippen molar-refractivity contribution in [2.75, 3.05) is 24.6 Å². The van der Waals surface area contributed by atoms with Gasteiger partial charge in [-0.25, -0.2) is 13.9 Å². The van der Waals surface area contributed by atoms with Crippen LogP contribution in [-0.4, -0.2) is 47.2 Å². The molecular weight excluding hydrogens is 402 g/mol. The highest BCUT2D eigenvalue weighted by molar-refractivity contribution is 7.91. The number of anilines is 1. The molecule has 3 heterocycles. The molecule has 1 saturated heterocycles. The van der Waals surface area contributed by atoms with E-state index in [2.05, 4.69) is 30.3 Å². The minimum absolute atomic E-state index is 0.126. The minimum Gasteiger partial charge on any atom is -0.381 e. The normalized spacial score (nSPS) is 16.3. The lowest BCUT2D eigenvalue weighted by molar-refractivity contribution is 0.0611. The van der Waals surface area contributed by atoms with Crippen LogP contribution in [0.2, 0.25) is 0 Å². The molecule has 0 bridgehead atoms. The summed E-state index contributed by atoms with van der Waals surface area (Å²) >= 11 is 0. The maximum Gasteiger partial charge on any atom is 0.330 e. The van der Waals surface area contributed by atoms with Crippen LogP contribution in [0.15, 0.2) is 36.9 Å². The standard InChI is InChI=1S/C21H29N5O3S/c1-21(2,3)20-23-18-13-17(24(4)30(27,28)25-10-9-22-15-25)5-6-19(18)26(20)14-16-7-11-29-12-8-16/h5-6,9-10,13,15-16H,7-8,11-12,14H2,1-4H3. The predicted octanol–water partition coefficient (Wildman–Crippen LogP) is 3.19. The Morgan fingerprint density at radius 3 is 2.60 bits per heavy atom. The SMILES string of the molecule is CN(c1ccc2c(c1)nc(C(C)(C)C)n2CC1CCOCC1)S(=O)(=O)n1ccnc1. The third kappa shape index (κ3) is 3.83. The monoisotopic (exact) mass is 431 g/mol. The van der Waals surface area contributed by atoms with E-state index in [1.807, 2.05) is 18.2 Å². The molecule has 1 aromatic carbocycles. The molecule has 1 aliphatic rings. The average molecular weight is 432 g/mol. The Bertz CT molecular complexity index is 1120. The van der Waals surface area contributed by atoms with Gasteiger partial charge in [0, 0.05) is 44.6 Å². The third-order valence-corrected chi connectivity index (χ3v) is 7.29. The third-order valence-electron chi connectivity index (χ3n) is 5.64. The second-order valence-corrected chi connectivity index (χ2v) is 10.8. The molecule has 0 spiro atoms. The summed E-state index contributed by atoms with van der Waals surface area (Å²) in [5, 5.41) is 0. The zero-order chi connectivity index (χ0) is 21.5. The Morgan fingerprint density at radius 2 is 1.97 bits per heavy atom. The van der Waals surface area contributed by atoms with Crippen LogP contribution in [0, 0.1) is 5.92 Å². The van der Waals surface area contributed by atoms with Crippen molar-refractivity contribution in [3.63, 3.8) is 0 Å². The molecule has 0 unspecified atom stereocenters. The molecule has 1 aliphatic heterocycles. The molecule has 162 valence electrons. The number of aromatic nitrogens is 4. The van der Waals surface area contributed by atoms with Crippen LogP contribution in [0.5, 0.6) is 0 Å². The number of hydrogen-bond donors (Lipinski definition) is 0. The predicted molar refractivity (Wildman–Crippen MR) is 117 cm³/mol. The molecule has 0 aliphatic carbocycles. The fourth-order valence-electron chi connectivity index (χ4n) is 3.92. The van der Waals surface area contributed by atoms with Crippen molar-refractivity contribution in [1.29, 1.82) is 0 Å². The van der Waals surface area contributed by atoms with E-state index in [9.17, 15) is 8.42 Å². The van der Waals surface area contributed by atoms with Crippen molar-refractivity contribution in [3.8, 4) is 0 Å². The lowest BCUT2D eigenvalue weighted by Gasteiger charge is -2.26. The Kier molecular flexibility index (Phi) is 5.36. The molecule has 30 heavy (non-hydrogen) atoms. The van der Waals surface area contributed by atoms with E-state index >= 15 is 0 Å². The van der Waals surface area contributed by atoms with Gasteiger partial charge in [-0.2, -0.15) is 8.42 Å². The van der Waals surface area contributed by atoms with Crippen molar-refractivity contribution in [2.24, 2.45) is 5.92 Å². The van der Waals surface area contributed by atoms with Gasteiger partial charge in [0.15, 0.2) is 0 Å². The Hall–Kier alpha value is -2.39. The number of imidazole rings is 2. The second kappa shape index (κ2) is 7.70. The van der Waals surface area contributed by atoms with E-state index in [4.69, 9.17) is 9.72 Å². The van der Waals surface area contributed by atoms with Crippen LogP contribution in [-0.2, 0) is 26.9 Å². The average Bonchev–Trinajstić information content (AvgIpc) is 3.36. The molecule has 2 aromatic heterocycles. The molecule has 0 radical (unpaired) electrons. The fourth-order valence-corrected chi connectivity index (χ4v) is 4.96. The van der Waals surface area contributed by atoms with Crippen LogP contribution in [0.1, 0.15) is 39.4 Å². The van der Waals surface area contributed by atoms with Crippen LogP contribution in [0.3, 0.4) is 0 Å². The highest BCUT2D eigenvalue weighted by atomic mass is 32.2. The molecule has 8 nitrogen and oxygen atoms in total. The lowest BCUT2D eigenvalue weighted by atomic mass is 9.94. The Morgan fingerprint density at radius 1 is 1.23 bits per heavy atom. The van der Waals surface area contributed by atoms with Crippen molar-refractivity contribution in [1.82, 2.24) is 18.5 Å². The Labute approximate surface area is 177 Å². The topological polar surface area (TPSA) is 82.3 Å². The second-order valence-electron chi connectivity index (χ2n) is 8.89. The van der Waals surface area contributed by atoms with Gasteiger partial charge in [0.25, 0.3) is 0 Å². The first-order chi connectivity index (χ1) is 14.2. The maximum atomic E-state index is 12.8. The summed E-state index contributed by atoms with van der Waals surface area (Å²) in [6.45, 7) is 8.99. The molecule has 9 heteroatoms. The van der Waals surface area contributed by atoms with E-state index in [-0.39, 0.29) is 5.41 Å². The largest absolute Gasteiger partial charge is 0.381 e. The quantitative estimate of drug-likeness (QED) is 0.620. The number of benzene rings is 1.